The van der Waals surface area contributed by atoms with Crippen LogP contribution in [0.1, 0.15) is 34.1 Å². The molecule has 0 aromatic carbocycles. The Labute approximate surface area is 104 Å². The molecule has 0 saturated carbocycles. The number of rotatable bonds is 7. The Morgan fingerprint density at radius 2 is 1.88 bits per heavy atom. The summed E-state index contributed by atoms with van der Waals surface area (Å²) in [6.45, 7) is 8.52. The molecule has 0 bridgehead atoms. The van der Waals surface area contributed by atoms with Gasteiger partial charge in [0.2, 0.25) is 0 Å². The van der Waals surface area contributed by atoms with E-state index in [4.69, 9.17) is 0 Å². The van der Waals surface area contributed by atoms with Gasteiger partial charge in [0.25, 0.3) is 0 Å². The molecule has 6 heteroatoms. The van der Waals surface area contributed by atoms with Crippen molar-refractivity contribution in [1.82, 2.24) is 5.32 Å². The lowest BCUT2D eigenvalue weighted by molar-refractivity contribution is -0.139. The minimum absolute atomic E-state index is 0.00882. The molecule has 0 fully saturated rings. The third-order valence-corrected chi connectivity index (χ3v) is 3.52. The fraction of sp³-hybridized carbons (Fsp3) is 0.909. The number of hydrogen-bond donors (Lipinski definition) is 1. The first-order valence-corrected chi connectivity index (χ1v) is 7.59. The van der Waals surface area contributed by atoms with E-state index < -0.39 is 21.6 Å². The van der Waals surface area contributed by atoms with Crippen LogP contribution in [0.2, 0.25) is 0 Å². The average molecular weight is 265 g/mol. The van der Waals surface area contributed by atoms with Crippen LogP contribution in [0.3, 0.4) is 0 Å². The summed E-state index contributed by atoms with van der Waals surface area (Å²) in [7, 11) is -3.34. The molecule has 0 saturated heterocycles. The fourth-order valence-electron chi connectivity index (χ4n) is 1.21. The molecule has 17 heavy (non-hydrogen) atoms. The Morgan fingerprint density at radius 1 is 1.29 bits per heavy atom. The van der Waals surface area contributed by atoms with Crippen molar-refractivity contribution in [1.29, 1.82) is 0 Å². The van der Waals surface area contributed by atoms with E-state index in [0.29, 0.717) is 13.0 Å². The molecular formula is C11H23NO4S. The van der Waals surface area contributed by atoms with Crippen LogP contribution in [0.15, 0.2) is 0 Å². The van der Waals surface area contributed by atoms with Gasteiger partial charge < -0.3 is 10.1 Å². The van der Waals surface area contributed by atoms with Gasteiger partial charge in [-0.15, -0.1) is 0 Å². The maximum Gasteiger partial charge on any atom is 0.321 e. The monoisotopic (exact) mass is 265 g/mol. The highest BCUT2D eigenvalue weighted by Crippen LogP contribution is 2.00. The van der Waals surface area contributed by atoms with E-state index in [2.05, 4.69) is 10.1 Å². The zero-order chi connectivity index (χ0) is 13.5. The number of nitrogens with one attached hydrogen (secondary N) is 1. The molecule has 0 aromatic rings. The molecule has 5 nitrogen and oxygen atoms in total. The normalized spacial score (nSPS) is 12.5. The van der Waals surface area contributed by atoms with Crippen molar-refractivity contribution in [2.45, 2.75) is 39.7 Å². The Balaban J connectivity index is 3.91. The van der Waals surface area contributed by atoms with Crippen molar-refractivity contribution in [2.24, 2.45) is 0 Å². The molecule has 0 radical (unpaired) electrons. The first kappa shape index (κ1) is 16.4. The summed E-state index contributed by atoms with van der Waals surface area (Å²) in [6.07, 6.45) is 0.499. The smallest absolute Gasteiger partial charge is 0.321 e. The minimum Gasteiger partial charge on any atom is -0.465 e. The van der Waals surface area contributed by atoms with Gasteiger partial charge in [-0.2, -0.15) is 0 Å². The van der Waals surface area contributed by atoms with Crippen LogP contribution in [-0.4, -0.2) is 44.6 Å². The highest BCUT2D eigenvalue weighted by Gasteiger charge is 2.17. The van der Waals surface area contributed by atoms with Crippen molar-refractivity contribution in [3.05, 3.63) is 0 Å². The Kier molecular flexibility index (Phi) is 6.70. The van der Waals surface area contributed by atoms with Crippen LogP contribution in [0.4, 0.5) is 0 Å². The van der Waals surface area contributed by atoms with Crippen LogP contribution in [0, 0.1) is 0 Å². The molecular weight excluding hydrogens is 242 g/mol. The first-order chi connectivity index (χ1) is 7.66. The molecule has 0 unspecified atom stereocenters. The van der Waals surface area contributed by atoms with Gasteiger partial charge in [0, 0.05) is 5.54 Å². The standard InChI is InChI=1S/C11H23NO4S/c1-5-16-10(13)9-17(14,15)8-6-7-12-11(2,3)4/h12H,5-9H2,1-4H3. The molecule has 0 amide bonds. The molecule has 0 spiro atoms. The van der Waals surface area contributed by atoms with Crippen molar-refractivity contribution in [3.8, 4) is 0 Å². The molecule has 0 aliphatic carbocycles. The number of carbonyl (C=O) groups excluding carboxylic acids is 1. The van der Waals surface area contributed by atoms with Gasteiger partial charge in [0.05, 0.1) is 12.4 Å². The van der Waals surface area contributed by atoms with Crippen LogP contribution in [0.25, 0.3) is 0 Å². The third-order valence-electron chi connectivity index (χ3n) is 1.93. The number of ether oxygens (including phenoxy) is 1. The van der Waals surface area contributed by atoms with Crippen LogP contribution < -0.4 is 5.32 Å². The van der Waals surface area contributed by atoms with Crippen molar-refractivity contribution in [2.75, 3.05) is 24.7 Å². The maximum absolute atomic E-state index is 11.5. The Morgan fingerprint density at radius 3 is 2.35 bits per heavy atom. The lowest BCUT2D eigenvalue weighted by Gasteiger charge is -2.20. The van der Waals surface area contributed by atoms with E-state index in [9.17, 15) is 13.2 Å². The zero-order valence-corrected chi connectivity index (χ0v) is 11.9. The van der Waals surface area contributed by atoms with Crippen LogP contribution in [-0.2, 0) is 19.4 Å². The molecule has 102 valence electrons. The molecule has 0 aliphatic rings. The summed E-state index contributed by atoms with van der Waals surface area (Å²) < 4.78 is 27.6. The van der Waals surface area contributed by atoms with Crippen molar-refractivity contribution in [3.63, 3.8) is 0 Å². The summed E-state index contributed by atoms with van der Waals surface area (Å²) in [6, 6.07) is 0. The maximum atomic E-state index is 11.5. The highest BCUT2D eigenvalue weighted by molar-refractivity contribution is 7.92. The van der Waals surface area contributed by atoms with E-state index >= 15 is 0 Å². The molecule has 0 heterocycles. The minimum atomic E-state index is -3.34. The SMILES string of the molecule is CCOC(=O)CS(=O)(=O)CCCNC(C)(C)C. The van der Waals surface area contributed by atoms with Gasteiger partial charge in [-0.25, -0.2) is 8.42 Å². The van der Waals surface area contributed by atoms with Gasteiger partial charge in [0.1, 0.15) is 5.75 Å². The predicted octanol–water partition coefficient (Wildman–Crippen LogP) is 0.742. The third kappa shape index (κ3) is 10.3. The lowest BCUT2D eigenvalue weighted by Crippen LogP contribution is -2.37. The van der Waals surface area contributed by atoms with E-state index in [1.165, 1.54) is 0 Å². The van der Waals surface area contributed by atoms with Crippen LogP contribution >= 0.6 is 0 Å². The molecule has 0 aromatic heterocycles. The number of esters is 1. The highest BCUT2D eigenvalue weighted by atomic mass is 32.2. The van der Waals surface area contributed by atoms with E-state index in [1.807, 2.05) is 20.8 Å². The van der Waals surface area contributed by atoms with Gasteiger partial charge in [-0.3, -0.25) is 4.79 Å². The fourth-order valence-corrected chi connectivity index (χ4v) is 2.38. The largest absolute Gasteiger partial charge is 0.465 e. The molecule has 1 N–H and O–H groups in total. The summed E-state index contributed by atoms with van der Waals surface area (Å²) in [5.41, 5.74) is -0.0229. The summed E-state index contributed by atoms with van der Waals surface area (Å²) >= 11 is 0. The van der Waals surface area contributed by atoms with Gasteiger partial charge in [0.15, 0.2) is 9.84 Å². The second-order valence-electron chi connectivity index (χ2n) is 4.93. The van der Waals surface area contributed by atoms with Crippen molar-refractivity contribution < 1.29 is 17.9 Å². The Bertz CT molecular complexity index is 330. The van der Waals surface area contributed by atoms with E-state index in [-0.39, 0.29) is 17.9 Å². The average Bonchev–Trinajstić information content (AvgIpc) is 2.10. The van der Waals surface area contributed by atoms with Gasteiger partial charge in [-0.05, 0) is 40.7 Å². The summed E-state index contributed by atoms with van der Waals surface area (Å²) in [4.78, 5) is 11.0. The topological polar surface area (TPSA) is 72.5 Å². The zero-order valence-electron chi connectivity index (χ0n) is 11.1. The second-order valence-corrected chi connectivity index (χ2v) is 7.11. The lowest BCUT2D eigenvalue weighted by atomic mass is 10.1. The quantitative estimate of drug-likeness (QED) is 0.543. The second kappa shape index (κ2) is 6.96. The molecule has 0 aliphatic heterocycles. The van der Waals surface area contributed by atoms with E-state index in [1.54, 1.807) is 6.92 Å². The summed E-state index contributed by atoms with van der Waals surface area (Å²) in [5.74, 6) is -1.18. The summed E-state index contributed by atoms with van der Waals surface area (Å²) in [5, 5.41) is 3.19. The van der Waals surface area contributed by atoms with E-state index in [0.717, 1.165) is 0 Å². The predicted molar refractivity (Wildman–Crippen MR) is 67.7 cm³/mol. The molecule has 0 atom stereocenters. The van der Waals surface area contributed by atoms with Gasteiger partial charge >= 0.3 is 5.97 Å². The molecule has 0 rings (SSSR count). The van der Waals surface area contributed by atoms with Gasteiger partial charge in [-0.1, -0.05) is 0 Å². The Hall–Kier alpha value is -0.620. The van der Waals surface area contributed by atoms with Crippen LogP contribution in [0.5, 0.6) is 0 Å². The number of carbonyl (C=O) groups is 1. The first-order valence-electron chi connectivity index (χ1n) is 5.77. The van der Waals surface area contributed by atoms with Crippen molar-refractivity contribution >= 4 is 15.8 Å². The number of hydrogen-bond acceptors (Lipinski definition) is 5. The number of sulfone groups is 1.